The van der Waals surface area contributed by atoms with Crippen LogP contribution in [0.4, 0.5) is 0 Å². The number of rotatable bonds is 6. The molecule has 28 heavy (non-hydrogen) atoms. The first-order chi connectivity index (χ1) is 13.4. The number of esters is 1. The molecule has 8 heteroatoms. The molecule has 1 heterocycles. The van der Waals surface area contributed by atoms with Crippen molar-refractivity contribution >= 4 is 40.8 Å². The second-order valence-corrected chi connectivity index (χ2v) is 7.22. The molecule has 1 aliphatic rings. The van der Waals surface area contributed by atoms with E-state index in [-0.39, 0.29) is 18.5 Å². The first kappa shape index (κ1) is 20.2. The molecule has 2 aromatic rings. The van der Waals surface area contributed by atoms with Gasteiger partial charge in [-0.15, -0.1) is 0 Å². The molecule has 0 spiro atoms. The lowest BCUT2D eigenvalue weighted by Crippen LogP contribution is -2.43. The maximum absolute atomic E-state index is 12.4. The van der Waals surface area contributed by atoms with Crippen LogP contribution in [-0.4, -0.2) is 36.8 Å². The summed E-state index contributed by atoms with van der Waals surface area (Å²) >= 11 is 12.0. The monoisotopic (exact) mass is 420 g/mol. The highest BCUT2D eigenvalue weighted by atomic mass is 35.5. The molecule has 146 valence electrons. The van der Waals surface area contributed by atoms with Gasteiger partial charge in [0.05, 0.1) is 30.0 Å². The van der Waals surface area contributed by atoms with E-state index >= 15 is 0 Å². The van der Waals surface area contributed by atoms with Crippen molar-refractivity contribution in [1.82, 2.24) is 5.32 Å². The van der Waals surface area contributed by atoms with Crippen molar-refractivity contribution in [2.45, 2.75) is 18.4 Å². The maximum atomic E-state index is 12.4. The van der Waals surface area contributed by atoms with Crippen molar-refractivity contribution in [3.05, 3.63) is 69.7 Å². The van der Waals surface area contributed by atoms with Crippen LogP contribution in [-0.2, 0) is 20.8 Å². The summed E-state index contributed by atoms with van der Waals surface area (Å²) in [6, 6.07) is 14.1. The zero-order chi connectivity index (χ0) is 20.1. The van der Waals surface area contributed by atoms with Crippen LogP contribution in [0.3, 0.4) is 0 Å². The number of halogens is 2. The highest BCUT2D eigenvalue weighted by molar-refractivity contribution is 6.35. The Morgan fingerprint density at radius 3 is 2.68 bits per heavy atom. The van der Waals surface area contributed by atoms with E-state index in [4.69, 9.17) is 32.8 Å². The molecular weight excluding hydrogens is 403 g/mol. The van der Waals surface area contributed by atoms with E-state index in [1.54, 1.807) is 12.1 Å². The van der Waals surface area contributed by atoms with Gasteiger partial charge < -0.3 is 14.9 Å². The number of carbonyl (C=O) groups excluding carboxylic acids is 2. The van der Waals surface area contributed by atoms with Gasteiger partial charge in [0, 0.05) is 17.9 Å². The average molecular weight is 421 g/mol. The Balaban J connectivity index is 1.67. The smallest absolute Gasteiger partial charge is 0.353 e. The Labute approximate surface area is 172 Å². The molecule has 2 aromatic carbocycles. The normalized spacial score (nSPS) is 18.2. The number of carbonyl (C=O) groups is 2. The number of amides is 1. The molecule has 1 N–H and O–H groups in total. The lowest BCUT2D eigenvalue weighted by molar-refractivity contribution is -0.166. The number of methoxy groups -OCH3 is 1. The van der Waals surface area contributed by atoms with Crippen LogP contribution in [0, 0.1) is 0 Å². The quantitative estimate of drug-likeness (QED) is 0.723. The molecule has 0 radical (unpaired) electrons. The Hall–Kier alpha value is -2.57. The van der Waals surface area contributed by atoms with Crippen LogP contribution < -0.4 is 5.32 Å². The highest BCUT2D eigenvalue weighted by Crippen LogP contribution is 2.30. The van der Waals surface area contributed by atoms with Gasteiger partial charge in [-0.25, -0.2) is 4.79 Å². The van der Waals surface area contributed by atoms with Gasteiger partial charge in [0.2, 0.25) is 5.60 Å². The summed E-state index contributed by atoms with van der Waals surface area (Å²) in [5.41, 5.74) is 0.452. The Bertz CT molecular complexity index is 918. The van der Waals surface area contributed by atoms with Crippen molar-refractivity contribution in [2.24, 2.45) is 5.16 Å². The Morgan fingerprint density at radius 2 is 1.96 bits per heavy atom. The molecule has 1 amide bonds. The van der Waals surface area contributed by atoms with Crippen LogP contribution in [0.25, 0.3) is 0 Å². The maximum Gasteiger partial charge on any atom is 0.353 e. The highest BCUT2D eigenvalue weighted by Gasteiger charge is 2.47. The number of nitrogens with zero attached hydrogens (tertiary/aromatic N) is 1. The van der Waals surface area contributed by atoms with Gasteiger partial charge in [0.15, 0.2) is 0 Å². The number of oxime groups is 1. The fourth-order valence-corrected chi connectivity index (χ4v) is 3.35. The van der Waals surface area contributed by atoms with E-state index in [2.05, 4.69) is 10.5 Å². The second kappa shape index (κ2) is 8.63. The number of nitrogens with one attached hydrogen (secondary N) is 1. The molecule has 1 unspecified atom stereocenters. The van der Waals surface area contributed by atoms with E-state index in [1.807, 2.05) is 30.3 Å². The minimum absolute atomic E-state index is 0.106. The summed E-state index contributed by atoms with van der Waals surface area (Å²) in [7, 11) is 1.30. The van der Waals surface area contributed by atoms with E-state index in [1.165, 1.54) is 13.2 Å². The van der Waals surface area contributed by atoms with Crippen LogP contribution >= 0.6 is 23.2 Å². The number of hydrogen-bond acceptors (Lipinski definition) is 5. The third-order valence-electron chi connectivity index (χ3n) is 4.36. The third kappa shape index (κ3) is 4.46. The van der Waals surface area contributed by atoms with Crippen LogP contribution in [0.15, 0.2) is 53.7 Å². The summed E-state index contributed by atoms with van der Waals surface area (Å²) in [4.78, 5) is 30.3. The van der Waals surface area contributed by atoms with E-state index in [0.29, 0.717) is 22.2 Å². The Kier molecular flexibility index (Phi) is 6.21. The van der Waals surface area contributed by atoms with Crippen LogP contribution in [0.1, 0.15) is 22.3 Å². The van der Waals surface area contributed by atoms with Crippen molar-refractivity contribution in [1.29, 1.82) is 0 Å². The van der Waals surface area contributed by atoms with Gasteiger partial charge in [0.25, 0.3) is 5.91 Å². The summed E-state index contributed by atoms with van der Waals surface area (Å²) in [5, 5.41) is 7.42. The summed E-state index contributed by atoms with van der Waals surface area (Å²) in [6.45, 7) is 0.106. The Morgan fingerprint density at radius 1 is 1.21 bits per heavy atom. The lowest BCUT2D eigenvalue weighted by atomic mass is 9.89. The molecule has 0 aromatic heterocycles. The molecule has 0 saturated carbocycles. The van der Waals surface area contributed by atoms with Crippen molar-refractivity contribution in [3.63, 3.8) is 0 Å². The molecule has 1 aliphatic heterocycles. The summed E-state index contributed by atoms with van der Waals surface area (Å²) in [5.74, 6) is -0.909. The van der Waals surface area contributed by atoms with Gasteiger partial charge in [-0.2, -0.15) is 0 Å². The topological polar surface area (TPSA) is 77.0 Å². The van der Waals surface area contributed by atoms with E-state index < -0.39 is 17.5 Å². The fraction of sp³-hybridized carbons (Fsp3) is 0.250. The van der Waals surface area contributed by atoms with Crippen LogP contribution in [0.2, 0.25) is 10.0 Å². The van der Waals surface area contributed by atoms with Gasteiger partial charge >= 0.3 is 5.97 Å². The molecule has 0 bridgehead atoms. The second-order valence-electron chi connectivity index (χ2n) is 6.38. The predicted octanol–water partition coefficient (Wildman–Crippen LogP) is 3.65. The largest absolute Gasteiger partial charge is 0.466 e. The number of benzene rings is 2. The molecule has 1 atom stereocenters. The lowest BCUT2D eigenvalue weighted by Gasteiger charge is -2.23. The molecule has 0 fully saturated rings. The summed E-state index contributed by atoms with van der Waals surface area (Å²) < 4.78 is 4.93. The van der Waals surface area contributed by atoms with Gasteiger partial charge in [-0.05, 0) is 23.8 Å². The van der Waals surface area contributed by atoms with Gasteiger partial charge in [-0.3, -0.25) is 4.79 Å². The SMILES string of the molecule is COC(=O)C1(Cc2ccccc2)CC(CNC(=O)c2cc(Cl)ccc2Cl)=NO1. The minimum Gasteiger partial charge on any atom is -0.466 e. The van der Waals surface area contributed by atoms with Crippen molar-refractivity contribution in [3.8, 4) is 0 Å². The molecular formula is C20H18Cl2N2O4. The van der Waals surface area contributed by atoms with E-state index in [9.17, 15) is 9.59 Å². The molecule has 0 saturated heterocycles. The first-order valence-electron chi connectivity index (χ1n) is 8.53. The average Bonchev–Trinajstić information content (AvgIpc) is 3.12. The number of hydrogen-bond donors (Lipinski definition) is 1. The molecule has 6 nitrogen and oxygen atoms in total. The van der Waals surface area contributed by atoms with Gasteiger partial charge in [0.1, 0.15) is 0 Å². The third-order valence-corrected chi connectivity index (χ3v) is 4.92. The van der Waals surface area contributed by atoms with Gasteiger partial charge in [-0.1, -0.05) is 58.7 Å². The molecule has 0 aliphatic carbocycles. The van der Waals surface area contributed by atoms with Crippen molar-refractivity contribution in [2.75, 3.05) is 13.7 Å². The standard InChI is InChI=1S/C20H18Cl2N2O4/c1-27-19(26)20(10-13-5-3-2-4-6-13)11-15(24-28-20)12-23-18(25)16-9-14(21)7-8-17(16)22/h2-9H,10-12H2,1H3,(H,23,25). The summed E-state index contributed by atoms with van der Waals surface area (Å²) in [6.07, 6.45) is 0.514. The fourth-order valence-electron chi connectivity index (χ4n) is 2.98. The minimum atomic E-state index is -1.25. The molecule has 3 rings (SSSR count). The van der Waals surface area contributed by atoms with Crippen LogP contribution in [0.5, 0.6) is 0 Å². The zero-order valence-corrected chi connectivity index (χ0v) is 16.6. The zero-order valence-electron chi connectivity index (χ0n) is 15.1. The van der Waals surface area contributed by atoms with E-state index in [0.717, 1.165) is 5.56 Å². The first-order valence-corrected chi connectivity index (χ1v) is 9.28. The predicted molar refractivity (Wildman–Crippen MR) is 107 cm³/mol. The number of ether oxygens (including phenoxy) is 1. The van der Waals surface area contributed by atoms with Crippen molar-refractivity contribution < 1.29 is 19.2 Å².